The maximum Gasteiger partial charge on any atom is 0.309 e. The van der Waals surface area contributed by atoms with Crippen molar-refractivity contribution in [3.05, 3.63) is 35.5 Å². The maximum absolute atomic E-state index is 14.5. The molecule has 5 aliphatic rings. The molecule has 1 N–H and O–H groups in total. The predicted molar refractivity (Wildman–Crippen MR) is 146 cm³/mol. The van der Waals surface area contributed by atoms with Gasteiger partial charge in [-0.3, -0.25) is 19.2 Å². The van der Waals surface area contributed by atoms with Crippen LogP contribution in [0.4, 0.5) is 0 Å². The van der Waals surface area contributed by atoms with Crippen LogP contribution < -0.4 is 0 Å². The van der Waals surface area contributed by atoms with Crippen molar-refractivity contribution in [2.75, 3.05) is 0 Å². The molecule has 2 saturated heterocycles. The summed E-state index contributed by atoms with van der Waals surface area (Å²) in [5, 5.41) is 9.60. The van der Waals surface area contributed by atoms with Gasteiger partial charge in [0, 0.05) is 25.2 Å². The largest absolute Gasteiger partial charge is 0.481 e. The lowest BCUT2D eigenvalue weighted by Crippen LogP contribution is -2.64. The third kappa shape index (κ3) is 3.67. The maximum atomic E-state index is 14.5. The molecule has 40 heavy (non-hydrogen) atoms. The molecule has 0 aromatic heterocycles. The van der Waals surface area contributed by atoms with Crippen molar-refractivity contribution in [2.24, 2.45) is 34.0 Å². The lowest BCUT2D eigenvalue weighted by atomic mass is 9.43. The van der Waals surface area contributed by atoms with Crippen LogP contribution in [0.5, 0.6) is 0 Å². The van der Waals surface area contributed by atoms with Gasteiger partial charge in [-0.1, -0.05) is 45.4 Å². The van der Waals surface area contributed by atoms with Crippen LogP contribution in [0, 0.1) is 34.0 Å². The summed E-state index contributed by atoms with van der Waals surface area (Å²) in [7, 11) is 0. The number of carbonyl (C=O) groups is 4. The van der Waals surface area contributed by atoms with Crippen molar-refractivity contribution < 1.29 is 38.5 Å². The van der Waals surface area contributed by atoms with Crippen molar-refractivity contribution in [1.82, 2.24) is 0 Å². The lowest BCUT2D eigenvalue weighted by molar-refractivity contribution is -0.164. The molecule has 0 amide bonds. The second kappa shape index (κ2) is 9.13. The van der Waals surface area contributed by atoms with Crippen molar-refractivity contribution in [2.45, 2.75) is 104 Å². The number of aliphatic carboxylic acids is 1. The molecular weight excluding hydrogens is 512 g/mol. The van der Waals surface area contributed by atoms with E-state index in [0.717, 1.165) is 16.7 Å². The van der Waals surface area contributed by atoms with Crippen LogP contribution in [0.3, 0.4) is 0 Å². The Morgan fingerprint density at radius 3 is 2.35 bits per heavy atom. The number of esters is 2. The molecule has 0 aromatic carbocycles. The first-order valence-corrected chi connectivity index (χ1v) is 14.4. The highest BCUT2D eigenvalue weighted by Crippen LogP contribution is 2.78. The molecule has 2 heterocycles. The third-order valence-corrected chi connectivity index (χ3v) is 11.4. The predicted octanol–water partition coefficient (Wildman–Crippen LogP) is 4.96. The van der Waals surface area contributed by atoms with E-state index in [9.17, 15) is 24.3 Å². The van der Waals surface area contributed by atoms with Crippen molar-refractivity contribution in [3.63, 3.8) is 0 Å². The molecule has 4 fully saturated rings. The monoisotopic (exact) mass is 554 g/mol. The zero-order chi connectivity index (χ0) is 29.6. The Balaban J connectivity index is 1.66. The first-order chi connectivity index (χ1) is 18.5. The second-order valence-corrected chi connectivity index (χ2v) is 13.5. The van der Waals surface area contributed by atoms with Gasteiger partial charge in [0.2, 0.25) is 0 Å². The first-order valence-electron chi connectivity index (χ1n) is 14.4. The fourth-order valence-electron chi connectivity index (χ4n) is 9.15. The molecule has 8 heteroatoms. The van der Waals surface area contributed by atoms with Crippen LogP contribution in [0.1, 0.15) is 80.6 Å². The molecule has 0 radical (unpaired) electrons. The van der Waals surface area contributed by atoms with Crippen molar-refractivity contribution in [1.29, 1.82) is 0 Å². The van der Waals surface area contributed by atoms with Gasteiger partial charge in [-0.25, -0.2) is 0 Å². The van der Waals surface area contributed by atoms with E-state index in [2.05, 4.69) is 6.58 Å². The van der Waals surface area contributed by atoms with Gasteiger partial charge >= 0.3 is 17.9 Å². The van der Waals surface area contributed by atoms with E-state index in [1.807, 2.05) is 47.6 Å². The Hall–Kier alpha value is -2.74. The highest BCUT2D eigenvalue weighted by Gasteiger charge is 2.85. The quantitative estimate of drug-likeness (QED) is 0.266. The van der Waals surface area contributed by atoms with E-state index >= 15 is 0 Å². The normalized spacial score (nSPS) is 45.6. The summed E-state index contributed by atoms with van der Waals surface area (Å²) in [5.41, 5.74) is -0.714. The van der Waals surface area contributed by atoms with Crippen LogP contribution in [0.25, 0.3) is 0 Å². The zero-order valence-corrected chi connectivity index (χ0v) is 24.7. The molecule has 2 aliphatic heterocycles. The van der Waals surface area contributed by atoms with Crippen molar-refractivity contribution in [3.8, 4) is 0 Å². The van der Waals surface area contributed by atoms with Crippen LogP contribution >= 0.6 is 0 Å². The van der Waals surface area contributed by atoms with Gasteiger partial charge in [0.25, 0.3) is 0 Å². The Morgan fingerprint density at radius 2 is 1.80 bits per heavy atom. The lowest BCUT2D eigenvalue weighted by Gasteiger charge is -2.57. The number of carboxylic acid groups (broad SMARTS) is 1. The summed E-state index contributed by atoms with van der Waals surface area (Å²) in [5.74, 6) is -2.11. The molecule has 0 aromatic rings. The van der Waals surface area contributed by atoms with E-state index in [1.165, 1.54) is 6.92 Å². The molecule has 8 nitrogen and oxygen atoms in total. The fourth-order valence-corrected chi connectivity index (χ4v) is 9.15. The molecule has 5 rings (SSSR count). The number of fused-ring (bicyclic) bond motifs is 1. The number of carbonyl (C=O) groups excluding carboxylic acids is 3. The summed E-state index contributed by atoms with van der Waals surface area (Å²) in [6, 6.07) is 0. The van der Waals surface area contributed by atoms with Gasteiger partial charge in [-0.2, -0.15) is 0 Å². The molecule has 3 aliphatic carbocycles. The number of carboxylic acids is 1. The van der Waals surface area contributed by atoms with Gasteiger partial charge in [0.05, 0.1) is 17.4 Å². The smallest absolute Gasteiger partial charge is 0.309 e. The topological polar surface area (TPSA) is 120 Å². The van der Waals surface area contributed by atoms with Gasteiger partial charge in [-0.15, -0.1) is 0 Å². The first kappa shape index (κ1) is 28.8. The Kier molecular flexibility index (Phi) is 6.57. The van der Waals surface area contributed by atoms with E-state index < -0.39 is 39.9 Å². The number of hydrogen-bond donors (Lipinski definition) is 1. The van der Waals surface area contributed by atoms with E-state index in [1.54, 1.807) is 6.08 Å². The number of hydrogen-bond acceptors (Lipinski definition) is 7. The van der Waals surface area contributed by atoms with Crippen LogP contribution in [0.2, 0.25) is 0 Å². The van der Waals surface area contributed by atoms with E-state index in [0.29, 0.717) is 25.7 Å². The van der Waals surface area contributed by atoms with Crippen LogP contribution in [-0.4, -0.2) is 52.7 Å². The average Bonchev–Trinajstić information content (AvgIpc) is 3.43. The summed E-state index contributed by atoms with van der Waals surface area (Å²) in [4.78, 5) is 50.7. The summed E-state index contributed by atoms with van der Waals surface area (Å²) < 4.78 is 18.3. The number of allylic oxidation sites excluding steroid dienone is 3. The summed E-state index contributed by atoms with van der Waals surface area (Å²) in [6.45, 7) is 17.4. The van der Waals surface area contributed by atoms with E-state index in [-0.39, 0.29) is 48.1 Å². The molecule has 2 saturated carbocycles. The molecule has 0 unspecified atom stereocenters. The third-order valence-electron chi connectivity index (χ3n) is 11.4. The Morgan fingerprint density at radius 1 is 1.12 bits per heavy atom. The van der Waals surface area contributed by atoms with Gasteiger partial charge in [0.15, 0.2) is 5.78 Å². The number of ether oxygens (including phenoxy) is 3. The Labute approximate surface area is 236 Å². The minimum atomic E-state index is -0.968. The SMILES string of the molecule is C=C(C)[C@@H]1C[C@H]2O[C@@]23C(=CC(=O)[C@]2(C)[C@@H](/C(C)=C\[C@@H]4C[C@@H](C)C(=O)O4)C[C@H](OC(C)=O)[C@]23C)[C@@]1(C)CCC(=O)O. The minimum Gasteiger partial charge on any atom is -0.481 e. The van der Waals surface area contributed by atoms with E-state index in [4.69, 9.17) is 14.2 Å². The van der Waals surface area contributed by atoms with Crippen LogP contribution in [0.15, 0.2) is 35.5 Å². The molecule has 1 spiro atoms. The van der Waals surface area contributed by atoms with Crippen LogP contribution in [-0.2, 0) is 33.4 Å². The summed E-state index contributed by atoms with van der Waals surface area (Å²) >= 11 is 0. The van der Waals surface area contributed by atoms with Gasteiger partial charge < -0.3 is 19.3 Å². The summed E-state index contributed by atoms with van der Waals surface area (Å²) in [6.07, 6.45) is 4.50. The highest BCUT2D eigenvalue weighted by molar-refractivity contribution is 6.00. The fraction of sp³-hybridized carbons (Fsp3) is 0.688. The number of epoxide rings is 1. The molecule has 218 valence electrons. The average molecular weight is 555 g/mol. The van der Waals surface area contributed by atoms with Crippen molar-refractivity contribution >= 4 is 23.7 Å². The van der Waals surface area contributed by atoms with Gasteiger partial charge in [-0.05, 0) is 68.1 Å². The standard InChI is InChI=1S/C32H42O8/c1-16(2)21-13-26-32(40-26)23(29(21,6)10-9-27(35)36)15-24(34)30(7)22(14-25(31(30,32)8)38-19(5)33)17(3)11-20-12-18(4)28(37)39-20/h11,15,18,20-22,25-26H,1,9-10,12-14H2,2-8H3,(H,35,36)/b17-11-/t18-,20-,21+,22-,25+,26-,29+,30+,31-,32+/m1/s1. The Bertz CT molecular complexity index is 1260. The zero-order valence-electron chi connectivity index (χ0n) is 24.7. The molecular formula is C32H42O8. The second-order valence-electron chi connectivity index (χ2n) is 13.5. The number of ketones is 1. The number of cyclic esters (lactones) is 1. The molecule has 10 atom stereocenters. The number of rotatable bonds is 7. The molecule has 0 bridgehead atoms. The highest BCUT2D eigenvalue weighted by atomic mass is 16.6. The minimum absolute atomic E-state index is 0.0447. The van der Waals surface area contributed by atoms with Gasteiger partial charge in [0.1, 0.15) is 17.8 Å².